The molecular weight excluding hydrogens is 447 g/mol. The molecule has 1 aliphatic heterocycles. The van der Waals surface area contributed by atoms with Crippen LogP contribution in [0.1, 0.15) is 41.5 Å². The van der Waals surface area contributed by atoms with Gasteiger partial charge in [-0.3, -0.25) is 14.5 Å². The second-order valence-electron chi connectivity index (χ2n) is 7.33. The van der Waals surface area contributed by atoms with E-state index in [9.17, 15) is 14.4 Å². The van der Waals surface area contributed by atoms with Gasteiger partial charge in [0.25, 0.3) is 0 Å². The van der Waals surface area contributed by atoms with Crippen LogP contribution < -0.4 is 5.32 Å². The van der Waals surface area contributed by atoms with Gasteiger partial charge in [-0.1, -0.05) is 24.3 Å². The number of allylic oxidation sites excluding steroid dienone is 1. The van der Waals surface area contributed by atoms with Crippen molar-refractivity contribution >= 4 is 40.3 Å². The Morgan fingerprint density at radius 2 is 1.81 bits per heavy atom. The SMILES string of the molecule is CC(C)(C)OC(=O)N1CCNCC1C1=C(I)C(=O)c2ccccc2C1=O. The van der Waals surface area contributed by atoms with Crippen molar-refractivity contribution in [3.05, 3.63) is 44.5 Å². The summed E-state index contributed by atoms with van der Waals surface area (Å²) in [6.07, 6.45) is -0.472. The Bertz CT molecular complexity index is 810. The number of rotatable bonds is 1. The Balaban J connectivity index is 2.00. The molecule has 1 saturated heterocycles. The van der Waals surface area contributed by atoms with Crippen LogP contribution in [0.2, 0.25) is 0 Å². The van der Waals surface area contributed by atoms with Crippen molar-refractivity contribution in [2.75, 3.05) is 19.6 Å². The smallest absolute Gasteiger partial charge is 0.410 e. The Kier molecular flexibility index (Phi) is 5.21. The number of Topliss-reactive ketones (excluding diaryl/α,β-unsaturated/α-hetero) is 2. The van der Waals surface area contributed by atoms with Gasteiger partial charge in [0.2, 0.25) is 0 Å². The molecule has 1 aliphatic carbocycles. The van der Waals surface area contributed by atoms with Crippen LogP contribution in [0.3, 0.4) is 0 Å². The highest BCUT2D eigenvalue weighted by molar-refractivity contribution is 14.1. The van der Waals surface area contributed by atoms with Crippen molar-refractivity contribution in [3.8, 4) is 0 Å². The Morgan fingerprint density at radius 1 is 1.19 bits per heavy atom. The number of hydrogen-bond acceptors (Lipinski definition) is 5. The molecule has 1 aromatic carbocycles. The summed E-state index contributed by atoms with van der Waals surface area (Å²) in [6, 6.07) is 6.27. The molecule has 1 unspecified atom stereocenters. The molecule has 1 fully saturated rings. The third kappa shape index (κ3) is 3.55. The number of fused-ring (bicyclic) bond motifs is 1. The monoisotopic (exact) mass is 468 g/mol. The second kappa shape index (κ2) is 7.11. The topological polar surface area (TPSA) is 75.7 Å². The van der Waals surface area contributed by atoms with Crippen LogP contribution in [-0.2, 0) is 4.74 Å². The molecule has 1 N–H and O–H groups in total. The number of piperazine rings is 1. The zero-order valence-corrected chi connectivity index (χ0v) is 17.1. The maximum atomic E-state index is 13.1. The Labute approximate surface area is 166 Å². The summed E-state index contributed by atoms with van der Waals surface area (Å²) < 4.78 is 5.87. The number of carbonyl (C=O) groups excluding carboxylic acids is 3. The lowest BCUT2D eigenvalue weighted by Gasteiger charge is -2.39. The molecular formula is C19H21IN2O4. The van der Waals surface area contributed by atoms with Gasteiger partial charge in [-0.05, 0) is 43.4 Å². The quantitative estimate of drug-likeness (QED) is 0.642. The predicted octanol–water partition coefficient (Wildman–Crippen LogP) is 2.96. The van der Waals surface area contributed by atoms with Crippen molar-refractivity contribution in [2.45, 2.75) is 32.4 Å². The molecule has 1 aromatic rings. The van der Waals surface area contributed by atoms with Crippen LogP contribution in [-0.4, -0.2) is 53.8 Å². The fourth-order valence-electron chi connectivity index (χ4n) is 3.16. The summed E-state index contributed by atoms with van der Waals surface area (Å²) in [5, 5.41) is 3.21. The molecule has 1 heterocycles. The van der Waals surface area contributed by atoms with E-state index >= 15 is 0 Å². The molecule has 0 aromatic heterocycles. The van der Waals surface area contributed by atoms with Crippen LogP contribution in [0.4, 0.5) is 4.79 Å². The first kappa shape index (κ1) is 19.0. The van der Waals surface area contributed by atoms with Crippen LogP contribution >= 0.6 is 22.6 Å². The van der Waals surface area contributed by atoms with Gasteiger partial charge in [0.05, 0.1) is 9.62 Å². The summed E-state index contributed by atoms with van der Waals surface area (Å²) in [5.74, 6) is -0.377. The highest BCUT2D eigenvalue weighted by Gasteiger charge is 2.40. The van der Waals surface area contributed by atoms with Gasteiger partial charge >= 0.3 is 6.09 Å². The molecule has 0 saturated carbocycles. The van der Waals surface area contributed by atoms with Gasteiger partial charge in [-0.2, -0.15) is 0 Å². The minimum atomic E-state index is -0.632. The first-order chi connectivity index (χ1) is 12.2. The first-order valence-corrected chi connectivity index (χ1v) is 9.57. The average Bonchev–Trinajstić information content (AvgIpc) is 2.59. The van der Waals surface area contributed by atoms with Crippen molar-refractivity contribution in [1.29, 1.82) is 0 Å². The Hall–Kier alpha value is -1.74. The lowest BCUT2D eigenvalue weighted by Crippen LogP contribution is -2.56. The van der Waals surface area contributed by atoms with Gasteiger partial charge in [0, 0.05) is 36.3 Å². The number of nitrogens with zero attached hydrogens (tertiary/aromatic N) is 1. The summed E-state index contributed by atoms with van der Waals surface area (Å²) in [7, 11) is 0. The zero-order chi connectivity index (χ0) is 19.1. The number of halogens is 1. The highest BCUT2D eigenvalue weighted by atomic mass is 127. The van der Waals surface area contributed by atoms with E-state index in [0.717, 1.165) is 0 Å². The first-order valence-electron chi connectivity index (χ1n) is 8.49. The molecule has 138 valence electrons. The number of amides is 1. The molecule has 7 heteroatoms. The predicted molar refractivity (Wildman–Crippen MR) is 106 cm³/mol. The van der Waals surface area contributed by atoms with E-state index < -0.39 is 17.7 Å². The van der Waals surface area contributed by atoms with E-state index in [-0.39, 0.29) is 11.6 Å². The fraction of sp³-hybridized carbons (Fsp3) is 0.421. The maximum absolute atomic E-state index is 13.1. The van der Waals surface area contributed by atoms with E-state index in [4.69, 9.17) is 4.74 Å². The van der Waals surface area contributed by atoms with Gasteiger partial charge in [-0.15, -0.1) is 0 Å². The van der Waals surface area contributed by atoms with Crippen LogP contribution in [0, 0.1) is 0 Å². The van der Waals surface area contributed by atoms with Crippen molar-refractivity contribution < 1.29 is 19.1 Å². The van der Waals surface area contributed by atoms with Gasteiger partial charge in [-0.25, -0.2) is 4.79 Å². The number of benzene rings is 1. The van der Waals surface area contributed by atoms with Gasteiger partial charge < -0.3 is 10.1 Å². The number of ether oxygens (including phenoxy) is 1. The molecule has 3 rings (SSSR count). The number of hydrogen-bond donors (Lipinski definition) is 1. The minimum Gasteiger partial charge on any atom is -0.444 e. The molecule has 0 spiro atoms. The third-order valence-electron chi connectivity index (χ3n) is 4.30. The average molecular weight is 468 g/mol. The van der Waals surface area contributed by atoms with Crippen LogP contribution in [0.5, 0.6) is 0 Å². The fourth-order valence-corrected chi connectivity index (χ4v) is 4.06. The largest absolute Gasteiger partial charge is 0.444 e. The highest BCUT2D eigenvalue weighted by Crippen LogP contribution is 2.34. The standard InChI is InChI=1S/C19H21IN2O4/c1-19(2,3)26-18(25)22-9-8-21-10-13(22)14-15(20)17(24)12-7-5-4-6-11(12)16(14)23/h4-7,13,21H,8-10H2,1-3H3. The lowest BCUT2D eigenvalue weighted by atomic mass is 9.85. The molecule has 1 atom stereocenters. The normalized spacial score (nSPS) is 20.9. The zero-order valence-electron chi connectivity index (χ0n) is 15.0. The summed E-state index contributed by atoms with van der Waals surface area (Å²) in [6.45, 7) is 6.83. The van der Waals surface area contributed by atoms with E-state index in [1.165, 1.54) is 0 Å². The molecule has 6 nitrogen and oxygen atoms in total. The van der Waals surface area contributed by atoms with Gasteiger partial charge in [0.15, 0.2) is 11.6 Å². The van der Waals surface area contributed by atoms with E-state index in [1.807, 2.05) is 22.6 Å². The lowest BCUT2D eigenvalue weighted by molar-refractivity contribution is 0.0156. The molecule has 2 aliphatic rings. The number of ketones is 2. The van der Waals surface area contributed by atoms with E-state index in [2.05, 4.69) is 5.32 Å². The second-order valence-corrected chi connectivity index (χ2v) is 8.40. The summed E-state index contributed by atoms with van der Waals surface area (Å²) in [5.41, 5.74) is 0.542. The van der Waals surface area contributed by atoms with Gasteiger partial charge in [0.1, 0.15) is 5.60 Å². The molecule has 1 amide bonds. The third-order valence-corrected chi connectivity index (χ3v) is 5.37. The summed E-state index contributed by atoms with van der Waals surface area (Å²) >= 11 is 1.92. The van der Waals surface area contributed by atoms with Crippen molar-refractivity contribution in [2.24, 2.45) is 0 Å². The molecule has 0 bridgehead atoms. The van der Waals surface area contributed by atoms with Crippen molar-refractivity contribution in [3.63, 3.8) is 0 Å². The van der Waals surface area contributed by atoms with E-state index in [1.54, 1.807) is 49.9 Å². The van der Waals surface area contributed by atoms with Crippen LogP contribution in [0.25, 0.3) is 0 Å². The Morgan fingerprint density at radius 3 is 2.42 bits per heavy atom. The maximum Gasteiger partial charge on any atom is 0.410 e. The number of carbonyl (C=O) groups is 3. The number of nitrogens with one attached hydrogen (secondary N) is 1. The minimum absolute atomic E-state index is 0.175. The summed E-state index contributed by atoms with van der Waals surface area (Å²) in [4.78, 5) is 40.1. The van der Waals surface area contributed by atoms with E-state index in [0.29, 0.717) is 39.9 Å². The van der Waals surface area contributed by atoms with Crippen molar-refractivity contribution in [1.82, 2.24) is 10.2 Å². The molecule has 26 heavy (non-hydrogen) atoms. The molecule has 0 radical (unpaired) electrons. The van der Waals surface area contributed by atoms with Crippen LogP contribution in [0.15, 0.2) is 33.4 Å².